The van der Waals surface area contributed by atoms with E-state index in [0.29, 0.717) is 43.8 Å². The Balaban J connectivity index is 0. The van der Waals surface area contributed by atoms with Crippen molar-refractivity contribution >= 4 is 85.0 Å². The van der Waals surface area contributed by atoms with Crippen molar-refractivity contribution in [2.45, 2.75) is 67.1 Å². The number of carboxylic acid groups (broad SMARTS) is 1. The molecule has 0 atom stereocenters. The summed E-state index contributed by atoms with van der Waals surface area (Å²) in [5.41, 5.74) is 10.6. The average Bonchev–Trinajstić information content (AvgIpc) is 3.56. The van der Waals surface area contributed by atoms with Gasteiger partial charge in [0.15, 0.2) is 11.6 Å². The Morgan fingerprint density at radius 3 is 1.17 bits per heavy atom. The molecule has 19 nitrogen and oxygen atoms in total. The molecule has 86 heavy (non-hydrogen) atoms. The summed E-state index contributed by atoms with van der Waals surface area (Å²) < 4.78 is 25.6. The Kier molecular flexibility index (Phi) is 38.6. The summed E-state index contributed by atoms with van der Waals surface area (Å²) in [5.74, 6) is -0.205. The predicted octanol–water partition coefficient (Wildman–Crippen LogP) is 5.61. The van der Waals surface area contributed by atoms with Gasteiger partial charge in [0.1, 0.15) is 21.7 Å². The van der Waals surface area contributed by atoms with E-state index in [0.717, 1.165) is 63.6 Å². The zero-order valence-corrected chi connectivity index (χ0v) is 58.2. The second-order valence-electron chi connectivity index (χ2n) is 18.2. The summed E-state index contributed by atoms with van der Waals surface area (Å²) in [5, 5.41) is 27.6. The fraction of sp³-hybridized carbons (Fsp3) is 0.270. The monoisotopic (exact) mass is 1290 g/mol. The number of carboxylic acids is 1. The van der Waals surface area contributed by atoms with E-state index in [-0.39, 0.29) is 148 Å². The summed E-state index contributed by atoms with van der Waals surface area (Å²) in [7, 11) is 8.64. The number of fused-ring (bicyclic) bond motifs is 3. The number of halogens is 2. The van der Waals surface area contributed by atoms with Gasteiger partial charge >= 0.3 is 121 Å². The smallest absolute Gasteiger partial charge is 1.00 e. The Morgan fingerprint density at radius 2 is 0.884 bits per heavy atom. The number of carbonyl (C=O) groups excluding carboxylic acids is 3. The molecule has 9 rings (SSSR count). The van der Waals surface area contributed by atoms with E-state index in [2.05, 4.69) is 82.5 Å². The van der Waals surface area contributed by atoms with Crippen LogP contribution in [0.4, 0.5) is 16.0 Å². The van der Waals surface area contributed by atoms with Gasteiger partial charge in [-0.05, 0) is 105 Å². The second kappa shape index (κ2) is 42.3. The van der Waals surface area contributed by atoms with E-state index in [4.69, 9.17) is 45.9 Å². The molecule has 3 heterocycles. The van der Waals surface area contributed by atoms with E-state index in [1.807, 2.05) is 117 Å². The second-order valence-corrected chi connectivity index (χ2v) is 18.9. The van der Waals surface area contributed by atoms with Gasteiger partial charge in [-0.15, -0.1) is 0 Å². The molecule has 0 fully saturated rings. The maximum atomic E-state index is 11.8. The van der Waals surface area contributed by atoms with Crippen molar-refractivity contribution in [2.24, 2.45) is 0 Å². The third-order valence-electron chi connectivity index (χ3n) is 12.0. The largest absolute Gasteiger partial charge is 1.00 e. The number of methoxy groups -OCH3 is 2. The van der Waals surface area contributed by atoms with Gasteiger partial charge in [-0.3, -0.25) is 9.18 Å². The molecule has 9 aromatic rings. The average molecular weight is 1300 g/mol. The number of aromatic nitrogens is 6. The van der Waals surface area contributed by atoms with Crippen LogP contribution in [-0.4, -0.2) is 132 Å². The minimum atomic E-state index is -1.00. The molecule has 6 aromatic carbocycles. The van der Waals surface area contributed by atoms with Gasteiger partial charge in [-0.2, -0.15) is 0 Å². The van der Waals surface area contributed by atoms with Crippen LogP contribution in [0.1, 0.15) is 82.8 Å². The number of anilines is 2. The topological polar surface area (TPSA) is 255 Å². The van der Waals surface area contributed by atoms with E-state index in [9.17, 15) is 23.9 Å². The normalized spacial score (nSPS) is 9.92. The van der Waals surface area contributed by atoms with Crippen molar-refractivity contribution in [1.29, 1.82) is 0 Å². The third-order valence-corrected chi connectivity index (χ3v) is 12.5. The fourth-order valence-electron chi connectivity index (χ4n) is 7.09. The van der Waals surface area contributed by atoms with E-state index in [1.54, 1.807) is 54.6 Å². The van der Waals surface area contributed by atoms with Crippen molar-refractivity contribution in [1.82, 2.24) is 35.2 Å². The van der Waals surface area contributed by atoms with Gasteiger partial charge < -0.3 is 46.4 Å². The maximum absolute atomic E-state index is 11.8. The molecule has 0 radical (unpaired) electrons. The summed E-state index contributed by atoms with van der Waals surface area (Å²) in [6.07, 6.45) is 0. The number of ether oxygens (including phenoxy) is 2. The zero-order valence-electron chi connectivity index (χ0n) is 52.4. The van der Waals surface area contributed by atoms with E-state index < -0.39 is 13.1 Å². The number of alkyl halides is 1. The first-order chi connectivity index (χ1) is 40.3. The molecular formula is C63H75BrFK2N9O10. The Bertz CT molecular complexity index is 3540. The first-order valence-electron chi connectivity index (χ1n) is 26.3. The fourth-order valence-corrected chi connectivity index (χ4v) is 7.59. The number of aliphatic hydroxyl groups is 1. The number of nitrogens with one attached hydrogen (secondary N) is 1. The first kappa shape index (κ1) is 78.4. The van der Waals surface area contributed by atoms with Crippen LogP contribution in [0.15, 0.2) is 150 Å². The van der Waals surface area contributed by atoms with Crippen LogP contribution < -0.4 is 123 Å². The maximum Gasteiger partial charge on any atom is 1.00 e. The van der Waals surface area contributed by atoms with Gasteiger partial charge in [-0.25, -0.2) is 44.3 Å². The number of hydrogen-bond donors (Lipinski definition) is 3. The molecular weight excluding hydrogens is 1220 g/mol. The number of aromatic carboxylic acids is 1. The zero-order chi connectivity index (χ0) is 62.5. The molecule has 0 saturated carbocycles. The van der Waals surface area contributed by atoms with Crippen LogP contribution in [0.5, 0.6) is 0 Å². The molecule has 0 aliphatic heterocycles. The Hall–Kier alpha value is -5.62. The predicted molar refractivity (Wildman–Crippen MR) is 334 cm³/mol. The first-order valence-corrected chi connectivity index (χ1v) is 26.4. The van der Waals surface area contributed by atoms with E-state index >= 15 is 0 Å². The SMILES string of the molecule is C.CC(C)N(C)c1nc2cc(C(=O)O)ccc2nc1-c1ccccc1.CNC(C)C.CO.COC(=O)c1ccc2nc(-c3ccccc3)c(Br)nc2c1.COC(=O)c1ccc2nc(-c3ccccc3)c(N(C)C(C)C)nc2c1.O=CO[O-].[2H]CF.[H-].[K+].[K+]. The van der Waals surface area contributed by atoms with Gasteiger partial charge in [0.2, 0.25) is 0 Å². The van der Waals surface area contributed by atoms with Crippen LogP contribution >= 0.6 is 15.9 Å². The molecule has 3 N–H and O–H groups in total. The summed E-state index contributed by atoms with van der Waals surface area (Å²) in [6, 6.07) is 46.0. The van der Waals surface area contributed by atoms with Crippen molar-refractivity contribution in [3.8, 4) is 33.8 Å². The van der Waals surface area contributed by atoms with Gasteiger partial charge in [0.05, 0.1) is 72.5 Å². The summed E-state index contributed by atoms with van der Waals surface area (Å²) in [6.45, 7) is 12.4. The number of benzene rings is 6. The number of hydrogen-bond acceptors (Lipinski definition) is 18. The molecule has 0 aliphatic rings. The summed E-state index contributed by atoms with van der Waals surface area (Å²) in [4.78, 5) is 78.1. The molecule has 0 unspecified atom stereocenters. The van der Waals surface area contributed by atoms with Crippen LogP contribution in [0.25, 0.3) is 66.9 Å². The molecule has 0 amide bonds. The quantitative estimate of drug-likeness (QED) is 0.0441. The minimum absolute atomic E-state index is 0. The molecule has 3 aromatic heterocycles. The van der Waals surface area contributed by atoms with Crippen LogP contribution in [0.3, 0.4) is 0 Å². The Morgan fingerprint density at radius 1 is 0.593 bits per heavy atom. The van der Waals surface area contributed by atoms with Crippen LogP contribution in [0.2, 0.25) is 0 Å². The van der Waals surface area contributed by atoms with Gasteiger partial charge in [-0.1, -0.05) is 112 Å². The third kappa shape index (κ3) is 23.8. The molecule has 23 heteroatoms. The summed E-state index contributed by atoms with van der Waals surface area (Å²) >= 11 is 3.44. The number of esters is 2. The van der Waals surface area contributed by atoms with Gasteiger partial charge in [0.25, 0.3) is 6.47 Å². The number of aliphatic hydroxyl groups excluding tert-OH is 1. The van der Waals surface area contributed by atoms with Crippen molar-refractivity contribution < 1.29 is 159 Å². The van der Waals surface area contributed by atoms with Gasteiger partial charge in [0, 0.05) is 56.0 Å². The molecule has 0 saturated heterocycles. The van der Waals surface area contributed by atoms with Crippen molar-refractivity contribution in [3.05, 3.63) is 167 Å². The molecule has 0 aliphatic carbocycles. The van der Waals surface area contributed by atoms with Crippen molar-refractivity contribution in [2.75, 3.05) is 59.4 Å². The molecule has 0 bridgehead atoms. The minimum Gasteiger partial charge on any atom is -1.00 e. The molecule has 0 spiro atoms. The van der Waals surface area contributed by atoms with Crippen LogP contribution in [-0.2, 0) is 19.2 Å². The van der Waals surface area contributed by atoms with Crippen molar-refractivity contribution in [3.63, 3.8) is 0 Å². The van der Waals surface area contributed by atoms with Crippen LogP contribution in [0, 0.1) is 0 Å². The molecule has 448 valence electrons. The number of rotatable bonds is 12. The standard InChI is InChI=1S/C20H21N3O2.C19H19N3O2.C16H11BrN2O2.C4H11N.CH3F.CH2O3.CH4O.CH4.2K.H/c1-13(2)23(3)19-18(14-8-6-5-7-9-14)21-16-11-10-15(20(24)25-4)12-17(16)22-19;1-12(2)22(3)18-17(13-7-5-4-6-8-13)20-15-10-9-14(19(23)24)11-16(15)21-18;1-21-16(20)11-7-8-12-13(9-11)19-15(17)14(18-12)10-5-3-2-4-6-10;1-4(2)5-3;1-2;2-1-4-3;1-2;;;;/h5-13H,1-4H3;4-12H,1-3H3,(H,23,24);2-9H,1H3;4-5H,1-3H3;1H3;1,3H;2H,1H3;1H4;;;/q;;;;;;;;2*+1;-1/p-1/i;;;;1D;;;;;;. The number of carbonyl (C=O) groups is 4. The Labute approximate surface area is 599 Å². The van der Waals surface area contributed by atoms with E-state index in [1.165, 1.54) is 14.2 Å². The number of nitrogens with zero attached hydrogens (tertiary/aromatic N) is 8.